The van der Waals surface area contributed by atoms with Crippen LogP contribution in [0, 0.1) is 0 Å². The minimum atomic E-state index is 0.602. The number of nitrogens with zero attached hydrogens (tertiary/aromatic N) is 3. The van der Waals surface area contributed by atoms with Crippen molar-refractivity contribution in [3.8, 4) is 0 Å². The summed E-state index contributed by atoms with van der Waals surface area (Å²) in [5.74, 6) is 2.80. The number of fused-ring (bicyclic) bond motifs is 1. The maximum Gasteiger partial charge on any atom is 0.143 e. The largest absolute Gasteiger partial charge is 0.356 e. The van der Waals surface area contributed by atoms with E-state index in [1.54, 1.807) is 0 Å². The first-order valence-corrected chi connectivity index (χ1v) is 8.76. The Morgan fingerprint density at radius 2 is 2.00 bits per heavy atom. The predicted octanol–water partition coefficient (Wildman–Crippen LogP) is 3.17. The standard InChI is InChI=1S/C15H20N4S/c1-20-11-5-8-19(9-6-11)15-12-4-7-16-14(12)17-13(18-15)10-2-3-10/h4,7,10-11H,2-3,5-6,8-9H2,1H3,(H,16,17,18). The van der Waals surface area contributed by atoms with Crippen LogP contribution in [0.25, 0.3) is 11.0 Å². The molecule has 1 saturated heterocycles. The van der Waals surface area contributed by atoms with Crippen molar-refractivity contribution in [3.05, 3.63) is 18.1 Å². The molecule has 20 heavy (non-hydrogen) atoms. The molecule has 106 valence electrons. The van der Waals surface area contributed by atoms with Gasteiger partial charge in [0.15, 0.2) is 0 Å². The number of aromatic amines is 1. The molecule has 0 aromatic carbocycles. The summed E-state index contributed by atoms with van der Waals surface area (Å²) in [7, 11) is 0. The van der Waals surface area contributed by atoms with Gasteiger partial charge >= 0.3 is 0 Å². The molecule has 4 rings (SSSR count). The summed E-state index contributed by atoms with van der Waals surface area (Å²) < 4.78 is 0. The first-order chi connectivity index (χ1) is 9.85. The Morgan fingerprint density at radius 3 is 2.70 bits per heavy atom. The van der Waals surface area contributed by atoms with Gasteiger partial charge < -0.3 is 9.88 Å². The van der Waals surface area contributed by atoms with E-state index in [0.29, 0.717) is 5.92 Å². The lowest BCUT2D eigenvalue weighted by Gasteiger charge is -2.32. The van der Waals surface area contributed by atoms with E-state index in [-0.39, 0.29) is 0 Å². The van der Waals surface area contributed by atoms with Crippen LogP contribution in [-0.4, -0.2) is 39.5 Å². The number of piperidine rings is 1. The maximum absolute atomic E-state index is 4.90. The molecule has 1 aliphatic heterocycles. The summed E-state index contributed by atoms with van der Waals surface area (Å²) in [5.41, 5.74) is 1.00. The smallest absolute Gasteiger partial charge is 0.143 e. The van der Waals surface area contributed by atoms with Crippen LogP contribution in [0.2, 0.25) is 0 Å². The molecule has 1 N–H and O–H groups in total. The molecule has 2 aromatic rings. The summed E-state index contributed by atoms with van der Waals surface area (Å²) in [4.78, 5) is 15.3. The van der Waals surface area contributed by atoms with Crippen molar-refractivity contribution >= 4 is 28.6 Å². The van der Waals surface area contributed by atoms with E-state index in [2.05, 4.69) is 27.2 Å². The first kappa shape index (κ1) is 12.5. The number of thioether (sulfide) groups is 1. The van der Waals surface area contributed by atoms with E-state index in [0.717, 1.165) is 35.6 Å². The zero-order valence-electron chi connectivity index (χ0n) is 11.8. The minimum Gasteiger partial charge on any atom is -0.356 e. The Morgan fingerprint density at radius 1 is 1.20 bits per heavy atom. The number of anilines is 1. The zero-order valence-corrected chi connectivity index (χ0v) is 12.6. The van der Waals surface area contributed by atoms with Crippen molar-refractivity contribution in [2.24, 2.45) is 0 Å². The van der Waals surface area contributed by atoms with Gasteiger partial charge in [0.05, 0.1) is 5.39 Å². The SMILES string of the molecule is CSC1CCN(c2nc(C3CC3)nc3[nH]ccc23)CC1. The van der Waals surface area contributed by atoms with Crippen LogP contribution in [-0.2, 0) is 0 Å². The third-order valence-electron chi connectivity index (χ3n) is 4.43. The minimum absolute atomic E-state index is 0.602. The lowest BCUT2D eigenvalue weighted by atomic mass is 10.1. The van der Waals surface area contributed by atoms with E-state index in [9.17, 15) is 0 Å². The molecule has 0 atom stereocenters. The molecule has 0 radical (unpaired) electrons. The summed E-state index contributed by atoms with van der Waals surface area (Å²) in [5, 5.41) is 2.00. The molecule has 0 bridgehead atoms. The summed E-state index contributed by atoms with van der Waals surface area (Å²) in [6, 6.07) is 2.11. The van der Waals surface area contributed by atoms with Gasteiger partial charge in [-0.25, -0.2) is 9.97 Å². The molecule has 3 heterocycles. The summed E-state index contributed by atoms with van der Waals surface area (Å²) >= 11 is 2.00. The van der Waals surface area contributed by atoms with Crippen LogP contribution < -0.4 is 4.90 Å². The highest BCUT2D eigenvalue weighted by molar-refractivity contribution is 7.99. The summed E-state index contributed by atoms with van der Waals surface area (Å²) in [6.07, 6.45) is 9.22. The van der Waals surface area contributed by atoms with Crippen LogP contribution in [0.5, 0.6) is 0 Å². The molecule has 4 nitrogen and oxygen atoms in total. The van der Waals surface area contributed by atoms with Gasteiger partial charge in [-0.2, -0.15) is 11.8 Å². The van der Waals surface area contributed by atoms with Gasteiger partial charge in [-0.1, -0.05) is 0 Å². The Kier molecular flexibility index (Phi) is 3.10. The second-order valence-corrected chi connectivity index (χ2v) is 6.98. The molecule has 1 saturated carbocycles. The van der Waals surface area contributed by atoms with Gasteiger partial charge in [-0.15, -0.1) is 0 Å². The normalized spacial score (nSPS) is 20.8. The monoisotopic (exact) mass is 288 g/mol. The van der Waals surface area contributed by atoms with Crippen molar-refractivity contribution in [3.63, 3.8) is 0 Å². The second kappa shape index (κ2) is 4.95. The Labute approximate surface area is 123 Å². The molecule has 1 aliphatic carbocycles. The van der Waals surface area contributed by atoms with E-state index < -0.39 is 0 Å². The Bertz CT molecular complexity index is 611. The highest BCUT2D eigenvalue weighted by atomic mass is 32.2. The molecular formula is C15H20N4S. The van der Waals surface area contributed by atoms with Crippen LogP contribution in [0.1, 0.15) is 37.4 Å². The van der Waals surface area contributed by atoms with Crippen molar-refractivity contribution in [1.29, 1.82) is 0 Å². The fourth-order valence-electron chi connectivity index (χ4n) is 3.01. The van der Waals surface area contributed by atoms with Gasteiger partial charge in [0.1, 0.15) is 17.3 Å². The molecule has 5 heteroatoms. The highest BCUT2D eigenvalue weighted by Crippen LogP contribution is 2.40. The van der Waals surface area contributed by atoms with Gasteiger partial charge in [-0.05, 0) is 38.0 Å². The quantitative estimate of drug-likeness (QED) is 0.942. The van der Waals surface area contributed by atoms with Crippen LogP contribution in [0.15, 0.2) is 12.3 Å². The molecular weight excluding hydrogens is 268 g/mol. The number of hydrogen-bond donors (Lipinski definition) is 1. The van der Waals surface area contributed by atoms with Crippen LogP contribution in [0.3, 0.4) is 0 Å². The number of rotatable bonds is 3. The highest BCUT2D eigenvalue weighted by Gasteiger charge is 2.29. The first-order valence-electron chi connectivity index (χ1n) is 7.48. The van der Waals surface area contributed by atoms with Gasteiger partial charge in [0, 0.05) is 30.5 Å². The van der Waals surface area contributed by atoms with Crippen molar-refractivity contribution in [2.75, 3.05) is 24.2 Å². The third kappa shape index (κ3) is 2.18. The fraction of sp³-hybridized carbons (Fsp3) is 0.600. The lowest BCUT2D eigenvalue weighted by Crippen LogP contribution is -2.35. The van der Waals surface area contributed by atoms with Gasteiger partial charge in [-0.3, -0.25) is 0 Å². The molecule has 2 aliphatic rings. The maximum atomic E-state index is 4.90. The average Bonchev–Trinajstić information content (AvgIpc) is 3.24. The van der Waals surface area contributed by atoms with Gasteiger partial charge in [0.25, 0.3) is 0 Å². The second-order valence-electron chi connectivity index (χ2n) is 5.84. The number of aromatic nitrogens is 3. The van der Waals surface area contributed by atoms with Crippen molar-refractivity contribution in [1.82, 2.24) is 15.0 Å². The molecule has 0 amide bonds. The van der Waals surface area contributed by atoms with Crippen molar-refractivity contribution in [2.45, 2.75) is 36.9 Å². The third-order valence-corrected chi connectivity index (χ3v) is 5.57. The fourth-order valence-corrected chi connectivity index (χ4v) is 3.69. The lowest BCUT2D eigenvalue weighted by molar-refractivity contribution is 0.587. The van der Waals surface area contributed by atoms with Crippen LogP contribution >= 0.6 is 11.8 Å². The molecule has 2 fully saturated rings. The Balaban J connectivity index is 1.69. The number of nitrogens with one attached hydrogen (secondary N) is 1. The molecule has 2 aromatic heterocycles. The number of H-pyrrole nitrogens is 1. The number of hydrogen-bond acceptors (Lipinski definition) is 4. The predicted molar refractivity (Wildman–Crippen MR) is 84.6 cm³/mol. The van der Waals surface area contributed by atoms with E-state index in [1.165, 1.54) is 31.1 Å². The van der Waals surface area contributed by atoms with E-state index >= 15 is 0 Å². The molecule has 0 unspecified atom stereocenters. The topological polar surface area (TPSA) is 44.8 Å². The molecule has 0 spiro atoms. The van der Waals surface area contributed by atoms with Crippen LogP contribution in [0.4, 0.5) is 5.82 Å². The van der Waals surface area contributed by atoms with E-state index in [4.69, 9.17) is 4.98 Å². The zero-order chi connectivity index (χ0) is 13.5. The average molecular weight is 288 g/mol. The summed E-state index contributed by atoms with van der Waals surface area (Å²) in [6.45, 7) is 2.24. The van der Waals surface area contributed by atoms with Crippen molar-refractivity contribution < 1.29 is 0 Å². The van der Waals surface area contributed by atoms with Gasteiger partial charge in [0.2, 0.25) is 0 Å². The van der Waals surface area contributed by atoms with E-state index in [1.807, 2.05) is 18.0 Å². The Hall–Kier alpha value is -1.23.